The maximum absolute atomic E-state index is 12.0. The second-order valence-electron chi connectivity index (χ2n) is 4.99. The maximum Gasteiger partial charge on any atom is 0.224 e. The highest BCUT2D eigenvalue weighted by atomic mass is 16.1. The van der Waals surface area contributed by atoms with Crippen molar-refractivity contribution in [2.75, 3.05) is 18.9 Å². The Hall–Kier alpha value is -1.87. The Labute approximate surface area is 120 Å². The van der Waals surface area contributed by atoms with Crippen molar-refractivity contribution >= 4 is 22.4 Å². The molecular formula is C17H22N2O. The van der Waals surface area contributed by atoms with Gasteiger partial charge in [0.25, 0.3) is 0 Å². The zero-order valence-electron chi connectivity index (χ0n) is 12.0. The van der Waals surface area contributed by atoms with Gasteiger partial charge in [0.15, 0.2) is 0 Å². The van der Waals surface area contributed by atoms with Crippen LogP contribution in [0.3, 0.4) is 0 Å². The van der Waals surface area contributed by atoms with E-state index >= 15 is 0 Å². The summed E-state index contributed by atoms with van der Waals surface area (Å²) >= 11 is 0. The molecule has 2 aromatic carbocycles. The van der Waals surface area contributed by atoms with Crippen molar-refractivity contribution in [3.05, 3.63) is 42.5 Å². The van der Waals surface area contributed by atoms with E-state index in [4.69, 9.17) is 0 Å². The number of hydrogen-bond acceptors (Lipinski definition) is 2. The fourth-order valence-electron chi connectivity index (χ4n) is 2.31. The first-order chi connectivity index (χ1) is 9.81. The highest BCUT2D eigenvalue weighted by Gasteiger charge is 2.05. The van der Waals surface area contributed by atoms with Crippen molar-refractivity contribution in [1.29, 1.82) is 0 Å². The monoisotopic (exact) mass is 270 g/mol. The van der Waals surface area contributed by atoms with Gasteiger partial charge in [-0.2, -0.15) is 0 Å². The maximum atomic E-state index is 12.0. The lowest BCUT2D eigenvalue weighted by Crippen LogP contribution is -2.12. The predicted octanol–water partition coefficient (Wildman–Crippen LogP) is 3.56. The van der Waals surface area contributed by atoms with Gasteiger partial charge in [-0.05, 0) is 37.9 Å². The van der Waals surface area contributed by atoms with E-state index in [9.17, 15) is 4.79 Å². The van der Waals surface area contributed by atoms with Gasteiger partial charge in [0, 0.05) is 17.5 Å². The highest BCUT2D eigenvalue weighted by Crippen LogP contribution is 2.23. The molecule has 0 aromatic heterocycles. The summed E-state index contributed by atoms with van der Waals surface area (Å²) in [5, 5.41) is 8.38. The molecule has 3 heteroatoms. The van der Waals surface area contributed by atoms with Crippen LogP contribution in [-0.2, 0) is 4.79 Å². The SMILES string of the molecule is CNCCCCCC(=O)Nc1cccc2ccccc12. The average Bonchev–Trinajstić information content (AvgIpc) is 2.47. The second kappa shape index (κ2) is 7.65. The highest BCUT2D eigenvalue weighted by molar-refractivity contribution is 6.02. The number of unbranched alkanes of at least 4 members (excludes halogenated alkanes) is 2. The smallest absolute Gasteiger partial charge is 0.224 e. The molecule has 0 unspecified atom stereocenters. The number of anilines is 1. The second-order valence-corrected chi connectivity index (χ2v) is 4.99. The first-order valence-electron chi connectivity index (χ1n) is 7.23. The van der Waals surface area contributed by atoms with Crippen LogP contribution in [0.4, 0.5) is 5.69 Å². The van der Waals surface area contributed by atoms with Crippen molar-refractivity contribution < 1.29 is 4.79 Å². The van der Waals surface area contributed by atoms with E-state index in [1.807, 2.05) is 37.4 Å². The zero-order valence-corrected chi connectivity index (χ0v) is 12.0. The third-order valence-electron chi connectivity index (χ3n) is 3.39. The Kier molecular flexibility index (Phi) is 5.56. The minimum absolute atomic E-state index is 0.103. The fourth-order valence-corrected chi connectivity index (χ4v) is 2.31. The summed E-state index contributed by atoms with van der Waals surface area (Å²) in [6.07, 6.45) is 3.74. The molecule has 3 nitrogen and oxygen atoms in total. The Morgan fingerprint density at radius 3 is 2.65 bits per heavy atom. The van der Waals surface area contributed by atoms with Gasteiger partial charge >= 0.3 is 0 Å². The van der Waals surface area contributed by atoms with E-state index in [-0.39, 0.29) is 5.91 Å². The number of fused-ring (bicyclic) bond motifs is 1. The minimum Gasteiger partial charge on any atom is -0.326 e. The molecule has 20 heavy (non-hydrogen) atoms. The van der Waals surface area contributed by atoms with Gasteiger partial charge in [-0.25, -0.2) is 0 Å². The van der Waals surface area contributed by atoms with Gasteiger partial charge in [-0.1, -0.05) is 42.8 Å². The van der Waals surface area contributed by atoms with Crippen LogP contribution in [0.15, 0.2) is 42.5 Å². The van der Waals surface area contributed by atoms with E-state index in [1.165, 1.54) is 0 Å². The summed E-state index contributed by atoms with van der Waals surface area (Å²) in [6, 6.07) is 14.1. The normalized spacial score (nSPS) is 10.7. The predicted molar refractivity (Wildman–Crippen MR) is 85.0 cm³/mol. The number of carbonyl (C=O) groups excluding carboxylic acids is 1. The van der Waals surface area contributed by atoms with Crippen LogP contribution in [0.2, 0.25) is 0 Å². The molecule has 0 atom stereocenters. The molecular weight excluding hydrogens is 248 g/mol. The Bertz CT molecular complexity index is 560. The molecule has 0 radical (unpaired) electrons. The van der Waals surface area contributed by atoms with E-state index in [1.54, 1.807) is 0 Å². The summed E-state index contributed by atoms with van der Waals surface area (Å²) in [5.41, 5.74) is 0.906. The lowest BCUT2D eigenvalue weighted by atomic mass is 10.1. The Balaban J connectivity index is 1.90. The van der Waals surface area contributed by atoms with E-state index in [2.05, 4.69) is 22.8 Å². The molecule has 2 rings (SSSR count). The number of amides is 1. The van der Waals surface area contributed by atoms with E-state index < -0.39 is 0 Å². The topological polar surface area (TPSA) is 41.1 Å². The van der Waals surface area contributed by atoms with Gasteiger partial charge in [-0.3, -0.25) is 4.79 Å². The summed E-state index contributed by atoms with van der Waals surface area (Å²) in [6.45, 7) is 1.02. The summed E-state index contributed by atoms with van der Waals surface area (Å²) in [5.74, 6) is 0.103. The standard InChI is InChI=1S/C17H22N2O/c1-18-13-6-2-3-12-17(20)19-16-11-7-9-14-8-4-5-10-15(14)16/h4-5,7-11,18H,2-3,6,12-13H2,1H3,(H,19,20). The fraction of sp³-hybridized carbons (Fsp3) is 0.353. The summed E-state index contributed by atoms with van der Waals surface area (Å²) < 4.78 is 0. The third-order valence-corrected chi connectivity index (χ3v) is 3.39. The van der Waals surface area contributed by atoms with Crippen molar-refractivity contribution in [3.8, 4) is 0 Å². The molecule has 0 aliphatic heterocycles. The molecule has 0 saturated heterocycles. The van der Waals surface area contributed by atoms with Crippen LogP contribution in [0.1, 0.15) is 25.7 Å². The van der Waals surface area contributed by atoms with Crippen LogP contribution in [0, 0.1) is 0 Å². The van der Waals surface area contributed by atoms with Crippen LogP contribution in [0.5, 0.6) is 0 Å². The number of nitrogens with one attached hydrogen (secondary N) is 2. The van der Waals surface area contributed by atoms with Crippen molar-refractivity contribution in [2.45, 2.75) is 25.7 Å². The lowest BCUT2D eigenvalue weighted by Gasteiger charge is -2.08. The molecule has 0 saturated carbocycles. The number of hydrogen-bond donors (Lipinski definition) is 2. The van der Waals surface area contributed by atoms with Crippen molar-refractivity contribution in [2.24, 2.45) is 0 Å². The molecule has 2 N–H and O–H groups in total. The first kappa shape index (κ1) is 14.5. The van der Waals surface area contributed by atoms with Gasteiger partial charge in [-0.15, -0.1) is 0 Å². The van der Waals surface area contributed by atoms with Crippen LogP contribution >= 0.6 is 0 Å². The Morgan fingerprint density at radius 1 is 1.00 bits per heavy atom. The van der Waals surface area contributed by atoms with Gasteiger partial charge in [0.05, 0.1) is 0 Å². The quantitative estimate of drug-likeness (QED) is 0.755. The molecule has 0 aliphatic carbocycles. The van der Waals surface area contributed by atoms with Crippen molar-refractivity contribution in [3.63, 3.8) is 0 Å². The molecule has 106 valence electrons. The molecule has 0 fully saturated rings. The summed E-state index contributed by atoms with van der Waals surface area (Å²) in [7, 11) is 1.95. The molecule has 0 bridgehead atoms. The van der Waals surface area contributed by atoms with E-state index in [0.29, 0.717) is 6.42 Å². The average molecular weight is 270 g/mol. The van der Waals surface area contributed by atoms with Crippen molar-refractivity contribution in [1.82, 2.24) is 5.32 Å². The molecule has 0 heterocycles. The van der Waals surface area contributed by atoms with Gasteiger partial charge in [0.2, 0.25) is 5.91 Å². The molecule has 2 aromatic rings. The molecule has 1 amide bonds. The summed E-state index contributed by atoms with van der Waals surface area (Å²) in [4.78, 5) is 12.0. The number of benzene rings is 2. The number of carbonyl (C=O) groups is 1. The molecule has 0 aliphatic rings. The largest absolute Gasteiger partial charge is 0.326 e. The van der Waals surface area contributed by atoms with Crippen LogP contribution in [-0.4, -0.2) is 19.5 Å². The molecule has 0 spiro atoms. The third kappa shape index (κ3) is 4.07. The minimum atomic E-state index is 0.103. The lowest BCUT2D eigenvalue weighted by molar-refractivity contribution is -0.116. The van der Waals surface area contributed by atoms with Gasteiger partial charge < -0.3 is 10.6 Å². The van der Waals surface area contributed by atoms with Gasteiger partial charge in [0.1, 0.15) is 0 Å². The zero-order chi connectivity index (χ0) is 14.2. The number of rotatable bonds is 7. The Morgan fingerprint density at radius 2 is 1.80 bits per heavy atom. The van der Waals surface area contributed by atoms with Crippen LogP contribution in [0.25, 0.3) is 10.8 Å². The van der Waals surface area contributed by atoms with E-state index in [0.717, 1.165) is 42.3 Å². The first-order valence-corrected chi connectivity index (χ1v) is 7.23. The van der Waals surface area contributed by atoms with Crippen LogP contribution < -0.4 is 10.6 Å².